The van der Waals surface area contributed by atoms with Crippen molar-refractivity contribution in [2.75, 3.05) is 5.75 Å². The van der Waals surface area contributed by atoms with Crippen molar-refractivity contribution in [1.82, 2.24) is 4.98 Å². The van der Waals surface area contributed by atoms with E-state index in [9.17, 15) is 34.8 Å². The van der Waals surface area contributed by atoms with Gasteiger partial charge >= 0.3 is 12.4 Å². The molecule has 0 aliphatic rings. The first-order valence-electron chi connectivity index (χ1n) is 10.8. The minimum Gasteiger partial charge on any atom is -0.247 e. The smallest absolute Gasteiger partial charge is 0.247 e. The Bertz CT molecular complexity index is 1570. The summed E-state index contributed by atoms with van der Waals surface area (Å²) in [6.45, 7) is 2.85. The second-order valence-electron chi connectivity index (χ2n) is 8.15. The van der Waals surface area contributed by atoms with Crippen LogP contribution in [0.15, 0.2) is 71.6 Å². The van der Waals surface area contributed by atoms with Crippen molar-refractivity contribution in [1.29, 1.82) is 0 Å². The molecule has 0 aliphatic heterocycles. The maximum Gasteiger partial charge on any atom is 0.418 e. The van der Waals surface area contributed by atoms with E-state index in [1.165, 1.54) is 62.4 Å². The summed E-state index contributed by atoms with van der Waals surface area (Å²) in [5.41, 5.74) is -3.75. The number of nitrogens with zero attached hydrogens (tertiary/aromatic N) is 1. The van der Waals surface area contributed by atoms with Gasteiger partial charge in [0.05, 0.1) is 33.0 Å². The first-order chi connectivity index (χ1) is 16.8. The maximum absolute atomic E-state index is 14.5. The molecule has 0 atom stereocenters. The number of hydrogen-bond donors (Lipinski definition) is 0. The van der Waals surface area contributed by atoms with Crippen LogP contribution in [0.5, 0.6) is 0 Å². The number of pyridine rings is 1. The van der Waals surface area contributed by atoms with E-state index in [1.54, 1.807) is 0 Å². The lowest BCUT2D eigenvalue weighted by atomic mass is 9.91. The van der Waals surface area contributed by atoms with Crippen molar-refractivity contribution in [3.63, 3.8) is 0 Å². The molecule has 0 fully saturated rings. The van der Waals surface area contributed by atoms with Gasteiger partial charge in [-0.1, -0.05) is 55.5 Å². The van der Waals surface area contributed by atoms with Crippen LogP contribution in [0.4, 0.5) is 26.3 Å². The van der Waals surface area contributed by atoms with E-state index in [-0.39, 0.29) is 32.9 Å². The molecule has 188 valence electrons. The predicted octanol–water partition coefficient (Wildman–Crippen LogP) is 7.71. The summed E-state index contributed by atoms with van der Waals surface area (Å²) < 4.78 is 110. The van der Waals surface area contributed by atoms with E-state index >= 15 is 0 Å². The van der Waals surface area contributed by atoms with Crippen LogP contribution in [0, 0.1) is 6.92 Å². The van der Waals surface area contributed by atoms with Crippen LogP contribution in [0.2, 0.25) is 0 Å². The lowest BCUT2D eigenvalue weighted by Crippen LogP contribution is -2.13. The molecule has 4 rings (SSSR count). The van der Waals surface area contributed by atoms with Gasteiger partial charge in [0.25, 0.3) is 0 Å². The van der Waals surface area contributed by atoms with Crippen molar-refractivity contribution in [2.24, 2.45) is 0 Å². The summed E-state index contributed by atoms with van der Waals surface area (Å²) in [5.74, 6) is -0.323. The first kappa shape index (κ1) is 25.7. The average Bonchev–Trinajstić information content (AvgIpc) is 2.81. The topological polar surface area (TPSA) is 47.0 Å². The summed E-state index contributed by atoms with van der Waals surface area (Å²) in [6.07, 6.45) is -9.73. The Morgan fingerprint density at radius 3 is 2.03 bits per heavy atom. The first-order valence-corrected chi connectivity index (χ1v) is 12.4. The third-order valence-corrected chi connectivity index (χ3v) is 7.62. The minimum absolute atomic E-state index is 0.134. The lowest BCUT2D eigenvalue weighted by molar-refractivity contribution is -0.137. The van der Waals surface area contributed by atoms with Gasteiger partial charge in [0.15, 0.2) is 9.84 Å². The fourth-order valence-electron chi connectivity index (χ4n) is 4.20. The maximum atomic E-state index is 14.5. The summed E-state index contributed by atoms with van der Waals surface area (Å²) in [6, 6.07) is 13.7. The highest BCUT2D eigenvalue weighted by Crippen LogP contribution is 2.45. The molecule has 0 unspecified atom stereocenters. The van der Waals surface area contributed by atoms with Crippen LogP contribution in [-0.4, -0.2) is 19.2 Å². The Morgan fingerprint density at radius 2 is 1.39 bits per heavy atom. The molecule has 4 aromatic rings. The van der Waals surface area contributed by atoms with Gasteiger partial charge in [-0.15, -0.1) is 0 Å². The molecule has 36 heavy (non-hydrogen) atoms. The number of aryl methyl sites for hydroxylation is 1. The van der Waals surface area contributed by atoms with Gasteiger partial charge in [-0.25, -0.2) is 13.4 Å². The summed E-state index contributed by atoms with van der Waals surface area (Å²) in [4.78, 5) is 3.80. The fraction of sp³-hybridized carbons (Fsp3) is 0.192. The van der Waals surface area contributed by atoms with Crippen LogP contribution in [-0.2, 0) is 22.2 Å². The van der Waals surface area contributed by atoms with E-state index in [1.807, 2.05) is 0 Å². The van der Waals surface area contributed by atoms with Crippen molar-refractivity contribution in [3.8, 4) is 22.4 Å². The quantitative estimate of drug-likeness (QED) is 0.258. The van der Waals surface area contributed by atoms with E-state index in [2.05, 4.69) is 4.98 Å². The molecule has 0 saturated heterocycles. The van der Waals surface area contributed by atoms with Gasteiger partial charge in [0.2, 0.25) is 0 Å². The molecule has 1 aromatic heterocycles. The van der Waals surface area contributed by atoms with Crippen LogP contribution >= 0.6 is 0 Å². The summed E-state index contributed by atoms with van der Waals surface area (Å²) >= 11 is 0. The van der Waals surface area contributed by atoms with Crippen LogP contribution < -0.4 is 0 Å². The third-order valence-electron chi connectivity index (χ3n) is 5.84. The fourth-order valence-corrected chi connectivity index (χ4v) is 5.31. The number of sulfone groups is 1. The van der Waals surface area contributed by atoms with Crippen LogP contribution in [0.3, 0.4) is 0 Å². The van der Waals surface area contributed by atoms with Crippen LogP contribution in [0.1, 0.15) is 23.6 Å². The molecule has 0 saturated carbocycles. The Labute approximate surface area is 203 Å². The van der Waals surface area contributed by atoms with Gasteiger partial charge in [-0.2, -0.15) is 26.3 Å². The van der Waals surface area contributed by atoms with Gasteiger partial charge in [-0.05, 0) is 36.2 Å². The molecule has 0 amide bonds. The zero-order chi connectivity index (χ0) is 26.5. The molecule has 3 nitrogen and oxygen atoms in total. The number of alkyl halides is 6. The number of rotatable bonds is 4. The average molecular weight is 523 g/mol. The van der Waals surface area contributed by atoms with E-state index in [0.717, 1.165) is 18.2 Å². The second kappa shape index (κ2) is 8.92. The number of halogens is 6. The number of para-hydroxylation sites is 1. The molecule has 0 aliphatic carbocycles. The highest BCUT2D eigenvalue weighted by atomic mass is 32.2. The highest BCUT2D eigenvalue weighted by molar-refractivity contribution is 7.91. The van der Waals surface area contributed by atoms with Gasteiger partial charge in [-0.3, -0.25) is 0 Å². The van der Waals surface area contributed by atoms with E-state index < -0.39 is 50.0 Å². The number of fused-ring (bicyclic) bond motifs is 1. The van der Waals surface area contributed by atoms with E-state index in [0.29, 0.717) is 0 Å². The zero-order valence-corrected chi connectivity index (χ0v) is 19.8. The normalized spacial score (nSPS) is 12.8. The molecule has 3 aromatic carbocycles. The second-order valence-corrected chi connectivity index (χ2v) is 10.4. The molecular weight excluding hydrogens is 504 g/mol. The van der Waals surface area contributed by atoms with Crippen molar-refractivity contribution >= 4 is 20.7 Å². The van der Waals surface area contributed by atoms with Crippen molar-refractivity contribution in [3.05, 3.63) is 83.4 Å². The summed E-state index contributed by atoms with van der Waals surface area (Å²) in [5, 5.41) is 0.134. The SMILES string of the molecule is CCS(=O)(=O)c1ccccc1-c1cccc(-c2nc3c(C(F)(F)F)cccc3cc2C)c1C(F)(F)F. The standard InChI is InChI=1S/C26H19F6NO2S/c1-3-36(34,35)21-13-5-4-9-17(21)18-10-7-11-19(22(18)26(30,31)32)23-15(2)14-16-8-6-12-20(24(16)33-23)25(27,28)29/h4-14H,3H2,1-2H3. The molecule has 0 radical (unpaired) electrons. The van der Waals surface area contributed by atoms with Crippen molar-refractivity contribution < 1.29 is 34.8 Å². The largest absolute Gasteiger partial charge is 0.418 e. The number of aromatic nitrogens is 1. The monoisotopic (exact) mass is 523 g/mol. The van der Waals surface area contributed by atoms with Crippen molar-refractivity contribution in [2.45, 2.75) is 31.1 Å². The molecular formula is C26H19F6NO2S. The highest BCUT2D eigenvalue weighted by Gasteiger charge is 2.39. The Morgan fingerprint density at radius 1 is 0.778 bits per heavy atom. The lowest BCUT2D eigenvalue weighted by Gasteiger charge is -2.20. The Hall–Kier alpha value is -3.40. The number of hydrogen-bond acceptors (Lipinski definition) is 3. The number of benzene rings is 3. The molecule has 0 spiro atoms. The van der Waals surface area contributed by atoms with E-state index in [4.69, 9.17) is 0 Å². The summed E-state index contributed by atoms with van der Waals surface area (Å²) in [7, 11) is -3.88. The molecule has 0 bridgehead atoms. The molecule has 0 N–H and O–H groups in total. The third kappa shape index (κ3) is 4.57. The Kier molecular flexibility index (Phi) is 6.36. The van der Waals surface area contributed by atoms with Crippen LogP contribution in [0.25, 0.3) is 33.3 Å². The van der Waals surface area contributed by atoms with Gasteiger partial charge in [0, 0.05) is 16.5 Å². The minimum atomic E-state index is -4.97. The molecule has 1 heterocycles. The van der Waals surface area contributed by atoms with Gasteiger partial charge in [0.1, 0.15) is 0 Å². The Balaban J connectivity index is 2.10. The molecule has 10 heteroatoms. The predicted molar refractivity (Wildman–Crippen MR) is 125 cm³/mol. The van der Waals surface area contributed by atoms with Gasteiger partial charge < -0.3 is 0 Å². The zero-order valence-electron chi connectivity index (χ0n) is 19.0.